The predicted molar refractivity (Wildman–Crippen MR) is 164 cm³/mol. The highest BCUT2D eigenvalue weighted by atomic mass is 16.5. The van der Waals surface area contributed by atoms with Gasteiger partial charge in [-0.2, -0.15) is 0 Å². The number of carbonyl (C=O) groups is 2. The number of rotatable bonds is 15. The van der Waals surface area contributed by atoms with E-state index in [2.05, 4.69) is 39.0 Å². The van der Waals surface area contributed by atoms with Crippen molar-refractivity contribution >= 4 is 11.9 Å². The lowest BCUT2D eigenvalue weighted by Crippen LogP contribution is -2.45. The number of aryl methyl sites for hydroxylation is 1. The standard InChI is InChI=1S/C33H48N4O5/c1-5-6-16-34(18-9-10-20-37(2,3)4)31(39)24-36-23-27(25-12-13-29-26(22-25)15-21-42-29)32(33(40)41)28(36)14-19-35-17-8-7-11-30(35)38/h7-8,11-13,17,22,27-28,32H,5-6,9-10,14-16,18-21,23-24H2,1-4H3/p+1/t27-,28+,32?/m1/s1. The average molecular weight is 582 g/mol. The van der Waals surface area contributed by atoms with Gasteiger partial charge < -0.3 is 23.8 Å². The number of hydrogen-bond donors (Lipinski definition) is 1. The molecule has 1 aromatic heterocycles. The number of hydrogen-bond acceptors (Lipinski definition) is 5. The van der Waals surface area contributed by atoms with Gasteiger partial charge in [-0.25, -0.2) is 0 Å². The summed E-state index contributed by atoms with van der Waals surface area (Å²) >= 11 is 0. The van der Waals surface area contributed by atoms with E-state index in [0.717, 1.165) is 60.0 Å². The Morgan fingerprint density at radius 1 is 1.10 bits per heavy atom. The smallest absolute Gasteiger partial charge is 0.308 e. The van der Waals surface area contributed by atoms with Crippen LogP contribution in [-0.2, 0) is 22.6 Å². The van der Waals surface area contributed by atoms with Crippen molar-refractivity contribution < 1.29 is 23.9 Å². The van der Waals surface area contributed by atoms with E-state index in [1.54, 1.807) is 16.8 Å². The Morgan fingerprint density at radius 3 is 2.60 bits per heavy atom. The van der Waals surface area contributed by atoms with Gasteiger partial charge in [-0.3, -0.25) is 19.3 Å². The van der Waals surface area contributed by atoms with Crippen molar-refractivity contribution in [2.45, 2.75) is 64.0 Å². The summed E-state index contributed by atoms with van der Waals surface area (Å²) in [6.45, 7) is 6.32. The van der Waals surface area contributed by atoms with Gasteiger partial charge in [0.2, 0.25) is 11.5 Å². The lowest BCUT2D eigenvalue weighted by molar-refractivity contribution is -0.870. The van der Waals surface area contributed by atoms with E-state index in [0.29, 0.717) is 39.2 Å². The third-order valence-corrected chi connectivity index (χ3v) is 8.72. The monoisotopic (exact) mass is 581 g/mol. The van der Waals surface area contributed by atoms with E-state index in [4.69, 9.17) is 4.74 Å². The first-order valence-corrected chi connectivity index (χ1v) is 15.5. The lowest BCUT2D eigenvalue weighted by atomic mass is 9.83. The number of ether oxygens (including phenoxy) is 1. The highest BCUT2D eigenvalue weighted by Gasteiger charge is 2.47. The average Bonchev–Trinajstić information content (AvgIpc) is 3.55. The Hall–Kier alpha value is -3.17. The van der Waals surface area contributed by atoms with Crippen molar-refractivity contribution in [2.75, 3.05) is 60.5 Å². The first-order chi connectivity index (χ1) is 20.1. The Kier molecular flexibility index (Phi) is 10.8. The topological polar surface area (TPSA) is 92.1 Å². The molecule has 42 heavy (non-hydrogen) atoms. The van der Waals surface area contributed by atoms with Crippen molar-refractivity contribution in [3.8, 4) is 5.75 Å². The van der Waals surface area contributed by atoms with Crippen molar-refractivity contribution in [1.82, 2.24) is 14.4 Å². The van der Waals surface area contributed by atoms with Crippen LogP contribution in [0.5, 0.6) is 5.75 Å². The summed E-state index contributed by atoms with van der Waals surface area (Å²) in [6, 6.07) is 10.7. The molecule has 0 saturated carbocycles. The highest BCUT2D eigenvalue weighted by Crippen LogP contribution is 2.41. The number of carboxylic acids is 1. The number of carbonyl (C=O) groups excluding carboxylic acids is 1. The second-order valence-electron chi connectivity index (χ2n) is 12.9. The van der Waals surface area contributed by atoms with Gasteiger partial charge in [0, 0.05) is 56.8 Å². The molecule has 0 bridgehead atoms. The molecule has 1 fully saturated rings. The normalized spacial score (nSPS) is 20.3. The first kappa shape index (κ1) is 31.8. The molecule has 0 aliphatic carbocycles. The van der Waals surface area contributed by atoms with Gasteiger partial charge in [0.1, 0.15) is 5.75 Å². The number of amides is 1. The van der Waals surface area contributed by atoms with Crippen molar-refractivity contribution in [3.63, 3.8) is 0 Å². The van der Waals surface area contributed by atoms with Crippen LogP contribution in [-0.4, -0.2) is 102 Å². The van der Waals surface area contributed by atoms with Crippen LogP contribution in [0.15, 0.2) is 47.4 Å². The zero-order valence-electron chi connectivity index (χ0n) is 25.8. The third kappa shape index (κ3) is 8.22. The van der Waals surface area contributed by atoms with Crippen molar-refractivity contribution in [3.05, 3.63) is 64.1 Å². The van der Waals surface area contributed by atoms with Gasteiger partial charge in [-0.15, -0.1) is 0 Å². The van der Waals surface area contributed by atoms with Crippen LogP contribution in [0.25, 0.3) is 0 Å². The number of likely N-dealkylation sites (tertiary alicyclic amines) is 1. The summed E-state index contributed by atoms with van der Waals surface area (Å²) < 4.78 is 8.21. The second-order valence-corrected chi connectivity index (χ2v) is 12.9. The largest absolute Gasteiger partial charge is 0.493 e. The van der Waals surface area contributed by atoms with Crippen molar-refractivity contribution in [2.24, 2.45) is 5.92 Å². The van der Waals surface area contributed by atoms with Gasteiger partial charge in [0.05, 0.1) is 46.8 Å². The fourth-order valence-electron chi connectivity index (χ4n) is 6.42. The van der Waals surface area contributed by atoms with Crippen LogP contribution in [0.1, 0.15) is 56.1 Å². The predicted octanol–water partition coefficient (Wildman–Crippen LogP) is 3.46. The number of aromatic nitrogens is 1. The molecule has 9 heteroatoms. The Labute approximate surface area is 250 Å². The minimum absolute atomic E-state index is 0.0581. The first-order valence-electron chi connectivity index (χ1n) is 15.5. The molecule has 230 valence electrons. The molecule has 0 radical (unpaired) electrons. The van der Waals surface area contributed by atoms with E-state index in [-0.39, 0.29) is 30.0 Å². The summed E-state index contributed by atoms with van der Waals surface area (Å²) in [4.78, 5) is 43.1. The molecular weight excluding hydrogens is 532 g/mol. The molecule has 1 amide bonds. The number of fused-ring (bicyclic) bond motifs is 1. The lowest BCUT2D eigenvalue weighted by Gasteiger charge is -2.30. The van der Waals surface area contributed by atoms with Crippen LogP contribution in [0.4, 0.5) is 0 Å². The second kappa shape index (κ2) is 14.3. The van der Waals surface area contributed by atoms with E-state index < -0.39 is 11.9 Å². The zero-order valence-corrected chi connectivity index (χ0v) is 25.8. The van der Waals surface area contributed by atoms with Crippen molar-refractivity contribution in [1.29, 1.82) is 0 Å². The van der Waals surface area contributed by atoms with Crippen LogP contribution >= 0.6 is 0 Å². The fraction of sp³-hybridized carbons (Fsp3) is 0.606. The summed E-state index contributed by atoms with van der Waals surface area (Å²) in [5, 5.41) is 10.5. The molecule has 2 aliphatic rings. The zero-order chi connectivity index (χ0) is 30.3. The maximum Gasteiger partial charge on any atom is 0.308 e. The Morgan fingerprint density at radius 2 is 1.88 bits per heavy atom. The number of aliphatic carboxylic acids is 1. The van der Waals surface area contributed by atoms with Crippen LogP contribution in [0, 0.1) is 5.92 Å². The van der Waals surface area contributed by atoms with Gasteiger partial charge >= 0.3 is 5.97 Å². The molecule has 4 rings (SSSR count). The molecular formula is C33H49N4O5+. The molecule has 1 N–H and O–H groups in total. The molecule has 2 aliphatic heterocycles. The molecule has 3 heterocycles. The number of pyridine rings is 1. The van der Waals surface area contributed by atoms with Crippen LogP contribution < -0.4 is 10.3 Å². The van der Waals surface area contributed by atoms with Crippen LogP contribution in [0.3, 0.4) is 0 Å². The van der Waals surface area contributed by atoms with E-state index in [1.165, 1.54) is 6.07 Å². The number of carboxylic acid groups (broad SMARTS) is 1. The van der Waals surface area contributed by atoms with Gasteiger partial charge in [0.25, 0.3) is 0 Å². The molecule has 3 atom stereocenters. The number of unbranched alkanes of at least 4 members (excludes halogenated alkanes) is 2. The molecule has 1 unspecified atom stereocenters. The Balaban J connectivity index is 1.56. The van der Waals surface area contributed by atoms with E-state index in [9.17, 15) is 19.5 Å². The fourth-order valence-corrected chi connectivity index (χ4v) is 6.42. The van der Waals surface area contributed by atoms with E-state index in [1.807, 2.05) is 23.1 Å². The minimum Gasteiger partial charge on any atom is -0.493 e. The maximum absolute atomic E-state index is 13.8. The molecule has 0 spiro atoms. The third-order valence-electron chi connectivity index (χ3n) is 8.72. The molecule has 2 aromatic rings. The quantitative estimate of drug-likeness (QED) is 0.256. The highest BCUT2D eigenvalue weighted by molar-refractivity contribution is 5.79. The summed E-state index contributed by atoms with van der Waals surface area (Å²) in [7, 11) is 6.54. The number of quaternary nitrogens is 1. The van der Waals surface area contributed by atoms with Gasteiger partial charge in [0.15, 0.2) is 0 Å². The maximum atomic E-state index is 13.8. The molecule has 1 aromatic carbocycles. The summed E-state index contributed by atoms with van der Waals surface area (Å²) in [5.74, 6) is -0.881. The number of nitrogens with zero attached hydrogens (tertiary/aromatic N) is 4. The van der Waals surface area contributed by atoms with Gasteiger partial charge in [-0.05, 0) is 48.9 Å². The molecule has 9 nitrogen and oxygen atoms in total. The Bertz CT molecular complexity index is 1270. The summed E-state index contributed by atoms with van der Waals surface area (Å²) in [5.41, 5.74) is 1.98. The van der Waals surface area contributed by atoms with Crippen LogP contribution in [0.2, 0.25) is 0 Å². The SMILES string of the molecule is CCCCN(CCCC[N+](C)(C)C)C(=O)CN1C[C@H](c2ccc3c(c2)CCO3)C(C(=O)O)[C@@H]1CCn1ccccc1=O. The van der Waals surface area contributed by atoms with Gasteiger partial charge in [-0.1, -0.05) is 31.5 Å². The summed E-state index contributed by atoms with van der Waals surface area (Å²) in [6.07, 6.45) is 6.97. The molecule has 1 saturated heterocycles. The minimum atomic E-state index is -0.861. The number of benzene rings is 1. The van der Waals surface area contributed by atoms with E-state index >= 15 is 0 Å².